The van der Waals surface area contributed by atoms with Gasteiger partial charge in [-0.15, -0.1) is 11.6 Å². The zero-order valence-electron chi connectivity index (χ0n) is 14.9. The van der Waals surface area contributed by atoms with Crippen LogP contribution in [0, 0.1) is 0 Å². The molecule has 0 fully saturated rings. The Morgan fingerprint density at radius 3 is 2.72 bits per heavy atom. The van der Waals surface area contributed by atoms with Crippen LogP contribution in [0.15, 0.2) is 42.6 Å². The molecule has 1 atom stereocenters. The first-order valence-electron chi connectivity index (χ1n) is 8.82. The molecule has 0 unspecified atom stereocenters. The molecule has 0 aliphatic heterocycles. The maximum Gasteiger partial charge on any atom is 0.240 e. The van der Waals surface area contributed by atoms with Gasteiger partial charge in [-0.3, -0.25) is 4.79 Å². The van der Waals surface area contributed by atoms with Crippen LogP contribution in [0.4, 0.5) is 0 Å². The molecule has 2 rings (SSSR count). The Bertz CT molecular complexity index is 682. The van der Waals surface area contributed by atoms with Crippen LogP contribution in [-0.4, -0.2) is 27.3 Å². The van der Waals surface area contributed by atoms with Crippen molar-refractivity contribution in [1.29, 1.82) is 0 Å². The highest BCUT2D eigenvalue weighted by atomic mass is 35.5. The Morgan fingerprint density at radius 1 is 1.24 bits per heavy atom. The monoisotopic (exact) mass is 380 g/mol. The molecule has 0 saturated heterocycles. The van der Waals surface area contributed by atoms with Gasteiger partial charge in [0.1, 0.15) is 5.38 Å². The number of carbonyl (C=O) groups is 1. The summed E-state index contributed by atoms with van der Waals surface area (Å²) >= 11 is 12.1. The van der Waals surface area contributed by atoms with Crippen molar-refractivity contribution in [2.24, 2.45) is 0 Å². The summed E-state index contributed by atoms with van der Waals surface area (Å²) < 4.78 is 2.16. The predicted octanol–water partition coefficient (Wildman–Crippen LogP) is 5.34. The molecule has 0 aliphatic rings. The molecule has 1 aromatic heterocycles. The summed E-state index contributed by atoms with van der Waals surface area (Å²) in [5, 5.41) is 0.233. The smallest absolute Gasteiger partial charge is 0.240 e. The minimum absolute atomic E-state index is 0.00623. The number of nitrogens with zero attached hydrogens (tertiary/aromatic N) is 2. The van der Waals surface area contributed by atoms with Crippen LogP contribution in [-0.2, 0) is 17.9 Å². The molecule has 5 heteroatoms. The Hall–Kier alpha value is -1.45. The van der Waals surface area contributed by atoms with Gasteiger partial charge in [-0.25, -0.2) is 0 Å². The van der Waals surface area contributed by atoms with E-state index >= 15 is 0 Å². The van der Waals surface area contributed by atoms with Crippen LogP contribution in [0.5, 0.6) is 0 Å². The lowest BCUT2D eigenvalue weighted by molar-refractivity contribution is -0.131. The highest BCUT2D eigenvalue weighted by molar-refractivity contribution is 6.30. The van der Waals surface area contributed by atoms with Gasteiger partial charge in [-0.05, 0) is 43.2 Å². The molecule has 0 aliphatic carbocycles. The Labute approximate surface area is 160 Å². The first kappa shape index (κ1) is 19.9. The summed E-state index contributed by atoms with van der Waals surface area (Å²) in [7, 11) is 0. The van der Waals surface area contributed by atoms with Gasteiger partial charge in [0.05, 0.1) is 6.54 Å². The van der Waals surface area contributed by atoms with Crippen LogP contribution in [0.2, 0.25) is 5.02 Å². The molecular weight excluding hydrogens is 355 g/mol. The standard InChI is InChI=1S/C20H26Cl2N2O/c1-3-4-5-11-24(20(25)16(2)21)15-19-10-7-12-23(19)14-17-8-6-9-18(22)13-17/h6-10,12-13,16H,3-5,11,14-15H2,1-2H3/t16-/m0/s1. The molecule has 0 N–H and O–H groups in total. The van der Waals surface area contributed by atoms with E-state index < -0.39 is 5.38 Å². The van der Waals surface area contributed by atoms with Crippen LogP contribution < -0.4 is 0 Å². The quantitative estimate of drug-likeness (QED) is 0.425. The molecule has 3 nitrogen and oxygen atoms in total. The van der Waals surface area contributed by atoms with Crippen molar-refractivity contribution in [1.82, 2.24) is 9.47 Å². The minimum Gasteiger partial charge on any atom is -0.345 e. The number of rotatable bonds is 9. The average Bonchev–Trinajstić information content (AvgIpc) is 3.00. The third kappa shape index (κ3) is 6.09. The van der Waals surface area contributed by atoms with Gasteiger partial charge in [0, 0.05) is 30.0 Å². The third-order valence-corrected chi connectivity index (χ3v) is 4.62. The number of benzene rings is 1. The van der Waals surface area contributed by atoms with Gasteiger partial charge in [0.25, 0.3) is 0 Å². The molecule has 0 bridgehead atoms. The fourth-order valence-corrected chi connectivity index (χ4v) is 3.20. The van der Waals surface area contributed by atoms with Gasteiger partial charge in [-0.1, -0.05) is 43.5 Å². The van der Waals surface area contributed by atoms with Crippen molar-refractivity contribution in [2.45, 2.75) is 51.6 Å². The van der Waals surface area contributed by atoms with Crippen LogP contribution >= 0.6 is 23.2 Å². The zero-order valence-corrected chi connectivity index (χ0v) is 16.4. The van der Waals surface area contributed by atoms with E-state index in [1.165, 1.54) is 0 Å². The van der Waals surface area contributed by atoms with E-state index in [0.717, 1.165) is 48.6 Å². The molecule has 0 spiro atoms. The summed E-state index contributed by atoms with van der Waals surface area (Å²) in [6, 6.07) is 11.9. The van der Waals surface area contributed by atoms with Crippen molar-refractivity contribution in [3.63, 3.8) is 0 Å². The van der Waals surface area contributed by atoms with Crippen molar-refractivity contribution < 1.29 is 4.79 Å². The normalized spacial score (nSPS) is 12.2. The van der Waals surface area contributed by atoms with E-state index in [1.54, 1.807) is 6.92 Å². The highest BCUT2D eigenvalue weighted by Crippen LogP contribution is 2.16. The second kappa shape index (κ2) is 9.88. The molecule has 1 amide bonds. The van der Waals surface area contributed by atoms with Crippen molar-refractivity contribution in [2.75, 3.05) is 6.54 Å². The van der Waals surface area contributed by atoms with Crippen molar-refractivity contribution >= 4 is 29.1 Å². The Morgan fingerprint density at radius 2 is 2.04 bits per heavy atom. The van der Waals surface area contributed by atoms with E-state index in [9.17, 15) is 4.79 Å². The number of halogens is 2. The highest BCUT2D eigenvalue weighted by Gasteiger charge is 2.19. The lowest BCUT2D eigenvalue weighted by Gasteiger charge is -2.25. The minimum atomic E-state index is -0.502. The average molecular weight is 381 g/mol. The lowest BCUT2D eigenvalue weighted by Crippen LogP contribution is -2.36. The molecule has 2 aromatic rings. The summed E-state index contributed by atoms with van der Waals surface area (Å²) in [6.07, 6.45) is 5.28. The summed E-state index contributed by atoms with van der Waals surface area (Å²) in [4.78, 5) is 14.3. The number of aromatic nitrogens is 1. The number of hydrogen-bond acceptors (Lipinski definition) is 1. The van der Waals surface area contributed by atoms with Gasteiger partial charge >= 0.3 is 0 Å². The number of amides is 1. The molecular formula is C20H26Cl2N2O. The second-order valence-corrected chi connectivity index (χ2v) is 7.43. The summed E-state index contributed by atoms with van der Waals surface area (Å²) in [5.41, 5.74) is 2.24. The molecule has 136 valence electrons. The maximum atomic E-state index is 12.4. The zero-order chi connectivity index (χ0) is 18.2. The first-order valence-corrected chi connectivity index (χ1v) is 9.64. The first-order chi connectivity index (χ1) is 12.0. The Balaban J connectivity index is 2.11. The third-order valence-electron chi connectivity index (χ3n) is 4.20. The summed E-state index contributed by atoms with van der Waals surface area (Å²) in [6.45, 7) is 5.95. The second-order valence-electron chi connectivity index (χ2n) is 6.34. The van der Waals surface area contributed by atoms with E-state index in [1.807, 2.05) is 35.4 Å². The van der Waals surface area contributed by atoms with E-state index in [2.05, 4.69) is 23.6 Å². The molecule has 0 radical (unpaired) electrons. The van der Waals surface area contributed by atoms with Crippen LogP contribution in [0.1, 0.15) is 44.4 Å². The largest absolute Gasteiger partial charge is 0.345 e. The maximum absolute atomic E-state index is 12.4. The topological polar surface area (TPSA) is 25.2 Å². The molecule has 0 saturated carbocycles. The number of carbonyl (C=O) groups excluding carboxylic acids is 1. The van der Waals surface area contributed by atoms with E-state index in [-0.39, 0.29) is 5.91 Å². The number of alkyl halides is 1. The van der Waals surface area contributed by atoms with Crippen molar-refractivity contribution in [3.05, 3.63) is 58.9 Å². The molecule has 1 heterocycles. The van der Waals surface area contributed by atoms with Gasteiger partial charge in [-0.2, -0.15) is 0 Å². The van der Waals surface area contributed by atoms with E-state index in [0.29, 0.717) is 6.54 Å². The number of hydrogen-bond donors (Lipinski definition) is 0. The predicted molar refractivity (Wildman–Crippen MR) is 105 cm³/mol. The van der Waals surface area contributed by atoms with Crippen LogP contribution in [0.25, 0.3) is 0 Å². The fraction of sp³-hybridized carbons (Fsp3) is 0.450. The SMILES string of the molecule is CCCCCN(Cc1cccn1Cc1cccc(Cl)c1)C(=O)[C@H](C)Cl. The van der Waals surface area contributed by atoms with E-state index in [4.69, 9.17) is 23.2 Å². The van der Waals surface area contributed by atoms with Crippen LogP contribution in [0.3, 0.4) is 0 Å². The van der Waals surface area contributed by atoms with Gasteiger partial charge in [0.2, 0.25) is 5.91 Å². The number of unbranched alkanes of at least 4 members (excludes halogenated alkanes) is 2. The van der Waals surface area contributed by atoms with Gasteiger partial charge in [0.15, 0.2) is 0 Å². The molecule has 1 aromatic carbocycles. The lowest BCUT2D eigenvalue weighted by atomic mass is 10.2. The van der Waals surface area contributed by atoms with Gasteiger partial charge < -0.3 is 9.47 Å². The molecule has 25 heavy (non-hydrogen) atoms. The Kier molecular flexibility index (Phi) is 7.86. The summed E-state index contributed by atoms with van der Waals surface area (Å²) in [5.74, 6) is -0.00623. The fourth-order valence-electron chi connectivity index (χ4n) is 2.85. The van der Waals surface area contributed by atoms with Crippen molar-refractivity contribution in [3.8, 4) is 0 Å².